The average molecular weight is 316 g/mol. The van der Waals surface area contributed by atoms with E-state index < -0.39 is 0 Å². The van der Waals surface area contributed by atoms with Crippen molar-refractivity contribution in [2.24, 2.45) is 0 Å². The standard InChI is InChI=1S/C20H32N2O/c1-5-6-7-8-11-22-12-9-10-18(22)20(23)21-19-16(3)13-15(2)14-17(19)4/h13-14,18H,5-12H2,1-4H3,(H,21,23)/t18-/m1/s1. The molecule has 0 bridgehead atoms. The minimum atomic E-state index is 0.0525. The smallest absolute Gasteiger partial charge is 0.241 e. The fourth-order valence-electron chi connectivity index (χ4n) is 3.72. The Morgan fingerprint density at radius 2 is 1.87 bits per heavy atom. The predicted molar refractivity (Wildman–Crippen MR) is 98.0 cm³/mol. The highest BCUT2D eigenvalue weighted by molar-refractivity contribution is 5.96. The molecule has 1 N–H and O–H groups in total. The maximum Gasteiger partial charge on any atom is 0.241 e. The van der Waals surface area contributed by atoms with E-state index in [-0.39, 0.29) is 11.9 Å². The predicted octanol–water partition coefficient (Wildman–Crippen LogP) is 4.60. The third-order valence-corrected chi connectivity index (χ3v) is 4.89. The van der Waals surface area contributed by atoms with Gasteiger partial charge in [-0.25, -0.2) is 0 Å². The average Bonchev–Trinajstić information content (AvgIpc) is 2.95. The zero-order valence-electron chi connectivity index (χ0n) is 15.2. The number of aryl methyl sites for hydroxylation is 3. The molecule has 128 valence electrons. The summed E-state index contributed by atoms with van der Waals surface area (Å²) in [7, 11) is 0. The van der Waals surface area contributed by atoms with E-state index in [0.29, 0.717) is 0 Å². The van der Waals surface area contributed by atoms with Crippen molar-refractivity contribution in [3.8, 4) is 0 Å². The van der Waals surface area contributed by atoms with Gasteiger partial charge in [-0.3, -0.25) is 9.69 Å². The first kappa shape index (κ1) is 18.0. The van der Waals surface area contributed by atoms with Gasteiger partial charge in [-0.15, -0.1) is 0 Å². The Hall–Kier alpha value is -1.35. The summed E-state index contributed by atoms with van der Waals surface area (Å²) >= 11 is 0. The van der Waals surface area contributed by atoms with E-state index in [2.05, 4.69) is 50.0 Å². The van der Waals surface area contributed by atoms with Crippen LogP contribution in [-0.4, -0.2) is 29.9 Å². The van der Waals surface area contributed by atoms with Crippen molar-refractivity contribution in [3.63, 3.8) is 0 Å². The molecule has 1 saturated heterocycles. The van der Waals surface area contributed by atoms with Crippen molar-refractivity contribution in [2.75, 3.05) is 18.4 Å². The molecule has 0 spiro atoms. The summed E-state index contributed by atoms with van der Waals surface area (Å²) in [4.78, 5) is 15.1. The Balaban J connectivity index is 1.97. The topological polar surface area (TPSA) is 32.3 Å². The highest BCUT2D eigenvalue weighted by Gasteiger charge is 2.30. The maximum atomic E-state index is 12.8. The second-order valence-corrected chi connectivity index (χ2v) is 7.02. The number of carbonyl (C=O) groups excluding carboxylic acids is 1. The maximum absolute atomic E-state index is 12.8. The number of carbonyl (C=O) groups is 1. The molecule has 3 nitrogen and oxygen atoms in total. The highest BCUT2D eigenvalue weighted by atomic mass is 16.2. The first-order chi connectivity index (χ1) is 11.0. The van der Waals surface area contributed by atoms with Crippen LogP contribution in [0.2, 0.25) is 0 Å². The fourth-order valence-corrected chi connectivity index (χ4v) is 3.72. The lowest BCUT2D eigenvalue weighted by Crippen LogP contribution is -2.40. The fraction of sp³-hybridized carbons (Fsp3) is 0.650. The molecule has 1 amide bonds. The molecule has 0 aromatic heterocycles. The van der Waals surface area contributed by atoms with E-state index in [0.717, 1.165) is 42.7 Å². The summed E-state index contributed by atoms with van der Waals surface area (Å²) in [6, 6.07) is 4.33. The molecule has 0 saturated carbocycles. The number of nitrogens with one attached hydrogen (secondary N) is 1. The molecule has 1 fully saturated rings. The molecule has 0 unspecified atom stereocenters. The lowest BCUT2D eigenvalue weighted by molar-refractivity contribution is -0.120. The number of amides is 1. The quantitative estimate of drug-likeness (QED) is 0.746. The zero-order valence-corrected chi connectivity index (χ0v) is 15.2. The molecule has 1 aromatic carbocycles. The van der Waals surface area contributed by atoms with Crippen molar-refractivity contribution in [2.45, 2.75) is 72.3 Å². The van der Waals surface area contributed by atoms with Crippen molar-refractivity contribution in [1.29, 1.82) is 0 Å². The van der Waals surface area contributed by atoms with Crippen LogP contribution in [0, 0.1) is 20.8 Å². The minimum Gasteiger partial charge on any atom is -0.324 e. The molecule has 1 heterocycles. The second kappa shape index (κ2) is 8.49. The zero-order chi connectivity index (χ0) is 16.8. The molecule has 1 aliphatic rings. The summed E-state index contributed by atoms with van der Waals surface area (Å²) in [6.07, 6.45) is 7.17. The van der Waals surface area contributed by atoms with Crippen LogP contribution in [0.5, 0.6) is 0 Å². The Bertz CT molecular complexity index is 515. The van der Waals surface area contributed by atoms with Gasteiger partial charge < -0.3 is 5.32 Å². The number of nitrogens with zero attached hydrogens (tertiary/aromatic N) is 1. The van der Waals surface area contributed by atoms with E-state index in [1.807, 2.05) is 0 Å². The van der Waals surface area contributed by atoms with Crippen LogP contribution in [0.3, 0.4) is 0 Å². The Labute approximate surface area is 141 Å². The Morgan fingerprint density at radius 1 is 1.17 bits per heavy atom. The minimum absolute atomic E-state index is 0.0525. The number of anilines is 1. The third-order valence-electron chi connectivity index (χ3n) is 4.89. The van der Waals surface area contributed by atoms with Crippen LogP contribution < -0.4 is 5.32 Å². The van der Waals surface area contributed by atoms with Crippen molar-refractivity contribution < 1.29 is 4.79 Å². The molecule has 0 radical (unpaired) electrons. The van der Waals surface area contributed by atoms with Gasteiger partial charge in [-0.1, -0.05) is 43.9 Å². The third kappa shape index (κ3) is 4.81. The van der Waals surface area contributed by atoms with Gasteiger partial charge in [0.15, 0.2) is 0 Å². The molecule has 1 aliphatic heterocycles. The van der Waals surface area contributed by atoms with Gasteiger partial charge in [0.1, 0.15) is 0 Å². The van der Waals surface area contributed by atoms with E-state index in [9.17, 15) is 4.79 Å². The number of likely N-dealkylation sites (tertiary alicyclic amines) is 1. The number of hydrogen-bond donors (Lipinski definition) is 1. The monoisotopic (exact) mass is 316 g/mol. The molecule has 0 aliphatic carbocycles. The van der Waals surface area contributed by atoms with Crippen LogP contribution >= 0.6 is 0 Å². The molecular weight excluding hydrogens is 284 g/mol. The number of benzene rings is 1. The van der Waals surface area contributed by atoms with E-state index >= 15 is 0 Å². The summed E-state index contributed by atoms with van der Waals surface area (Å²) < 4.78 is 0. The van der Waals surface area contributed by atoms with Gasteiger partial charge in [0.2, 0.25) is 5.91 Å². The van der Waals surface area contributed by atoms with Crippen molar-refractivity contribution in [1.82, 2.24) is 4.90 Å². The molecule has 3 heteroatoms. The molecule has 2 rings (SSSR count). The number of unbranched alkanes of at least 4 members (excludes halogenated alkanes) is 3. The van der Waals surface area contributed by atoms with Crippen LogP contribution in [0.4, 0.5) is 5.69 Å². The SMILES string of the molecule is CCCCCCN1CCC[C@@H]1C(=O)Nc1c(C)cc(C)cc1C. The molecule has 23 heavy (non-hydrogen) atoms. The molecule has 1 atom stereocenters. The van der Waals surface area contributed by atoms with Crippen LogP contribution in [0.1, 0.15) is 62.1 Å². The first-order valence-corrected chi connectivity index (χ1v) is 9.15. The van der Waals surface area contributed by atoms with Crippen LogP contribution in [-0.2, 0) is 4.79 Å². The van der Waals surface area contributed by atoms with Gasteiger partial charge >= 0.3 is 0 Å². The van der Waals surface area contributed by atoms with Gasteiger partial charge in [-0.05, 0) is 64.3 Å². The normalized spacial score (nSPS) is 18.3. The summed E-state index contributed by atoms with van der Waals surface area (Å²) in [5, 5.41) is 3.20. The van der Waals surface area contributed by atoms with Crippen molar-refractivity contribution >= 4 is 11.6 Å². The largest absolute Gasteiger partial charge is 0.324 e. The van der Waals surface area contributed by atoms with Crippen molar-refractivity contribution in [3.05, 3.63) is 28.8 Å². The lowest BCUT2D eigenvalue weighted by atomic mass is 10.0. The summed E-state index contributed by atoms with van der Waals surface area (Å²) in [6.45, 7) is 10.6. The Morgan fingerprint density at radius 3 is 2.52 bits per heavy atom. The molecular formula is C20H32N2O. The van der Waals surface area contributed by atoms with Gasteiger partial charge in [0, 0.05) is 5.69 Å². The number of hydrogen-bond acceptors (Lipinski definition) is 2. The summed E-state index contributed by atoms with van der Waals surface area (Å²) in [5.41, 5.74) is 4.56. The second-order valence-electron chi connectivity index (χ2n) is 7.02. The number of rotatable bonds is 7. The first-order valence-electron chi connectivity index (χ1n) is 9.15. The highest BCUT2D eigenvalue weighted by Crippen LogP contribution is 2.25. The van der Waals surface area contributed by atoms with Crippen LogP contribution in [0.25, 0.3) is 0 Å². The van der Waals surface area contributed by atoms with Gasteiger partial charge in [0.25, 0.3) is 0 Å². The Kier molecular flexibility index (Phi) is 6.64. The van der Waals surface area contributed by atoms with Gasteiger partial charge in [-0.2, -0.15) is 0 Å². The van der Waals surface area contributed by atoms with E-state index in [4.69, 9.17) is 0 Å². The van der Waals surface area contributed by atoms with Crippen LogP contribution in [0.15, 0.2) is 12.1 Å². The molecule has 1 aromatic rings. The van der Waals surface area contributed by atoms with E-state index in [1.54, 1.807) is 0 Å². The summed E-state index contributed by atoms with van der Waals surface area (Å²) in [5.74, 6) is 0.174. The van der Waals surface area contributed by atoms with E-state index in [1.165, 1.54) is 31.2 Å². The van der Waals surface area contributed by atoms with Gasteiger partial charge in [0.05, 0.1) is 6.04 Å². The lowest BCUT2D eigenvalue weighted by Gasteiger charge is -2.24.